The van der Waals surface area contributed by atoms with Gasteiger partial charge in [-0.3, -0.25) is 9.59 Å². The number of benzene rings is 2. The van der Waals surface area contributed by atoms with Crippen molar-refractivity contribution in [1.82, 2.24) is 14.5 Å². The van der Waals surface area contributed by atoms with Gasteiger partial charge in [-0.15, -0.1) is 0 Å². The molecule has 0 saturated heterocycles. The molecule has 36 heavy (non-hydrogen) atoms. The van der Waals surface area contributed by atoms with Crippen molar-refractivity contribution >= 4 is 27.7 Å². The third-order valence-electron chi connectivity index (χ3n) is 6.48. The van der Waals surface area contributed by atoms with E-state index < -0.39 is 34.5 Å². The molecule has 1 unspecified atom stereocenters. The predicted octanol–water partition coefficient (Wildman–Crippen LogP) is 3.30. The van der Waals surface area contributed by atoms with Gasteiger partial charge < -0.3 is 10.2 Å². The van der Waals surface area contributed by atoms with Crippen LogP contribution in [-0.2, 0) is 26.3 Å². The SMILES string of the molecule is CC(C(=O)NC1CCCCC1)N(Cc1ccccc1F)C(=O)CN(c1ccccc1)S(=O)(=O)N(C)C. The van der Waals surface area contributed by atoms with E-state index in [1.165, 1.54) is 25.1 Å². The molecule has 0 heterocycles. The maximum Gasteiger partial charge on any atom is 0.304 e. The Hall–Kier alpha value is -2.98. The molecule has 2 aromatic carbocycles. The van der Waals surface area contributed by atoms with Gasteiger partial charge in [-0.05, 0) is 38.0 Å². The monoisotopic (exact) mass is 518 g/mol. The number of anilines is 1. The van der Waals surface area contributed by atoms with Crippen LogP contribution in [0, 0.1) is 5.82 Å². The van der Waals surface area contributed by atoms with Crippen LogP contribution in [-0.4, -0.2) is 62.2 Å². The third kappa shape index (κ3) is 6.82. The highest BCUT2D eigenvalue weighted by molar-refractivity contribution is 7.90. The Morgan fingerprint density at radius 3 is 2.22 bits per heavy atom. The van der Waals surface area contributed by atoms with Crippen molar-refractivity contribution in [3.8, 4) is 0 Å². The molecule has 1 N–H and O–H groups in total. The Balaban J connectivity index is 1.90. The molecule has 1 atom stereocenters. The Bertz CT molecular complexity index is 1140. The molecule has 1 saturated carbocycles. The van der Waals surface area contributed by atoms with Gasteiger partial charge in [0.2, 0.25) is 11.8 Å². The number of rotatable bonds is 10. The average Bonchev–Trinajstić information content (AvgIpc) is 2.87. The van der Waals surface area contributed by atoms with Crippen LogP contribution in [0.25, 0.3) is 0 Å². The van der Waals surface area contributed by atoms with Gasteiger partial charge in [0.1, 0.15) is 18.4 Å². The maximum atomic E-state index is 14.5. The summed E-state index contributed by atoms with van der Waals surface area (Å²) in [4.78, 5) is 28.1. The van der Waals surface area contributed by atoms with E-state index in [2.05, 4.69) is 5.32 Å². The van der Waals surface area contributed by atoms with Gasteiger partial charge in [-0.2, -0.15) is 12.7 Å². The summed E-state index contributed by atoms with van der Waals surface area (Å²) in [6, 6.07) is 13.4. The highest BCUT2D eigenvalue weighted by atomic mass is 32.2. The number of halogens is 1. The molecule has 1 aliphatic rings. The summed E-state index contributed by atoms with van der Waals surface area (Å²) in [5, 5.41) is 3.02. The van der Waals surface area contributed by atoms with Crippen molar-refractivity contribution < 1.29 is 22.4 Å². The lowest BCUT2D eigenvalue weighted by Gasteiger charge is -2.34. The van der Waals surface area contributed by atoms with E-state index in [4.69, 9.17) is 0 Å². The zero-order valence-corrected chi connectivity index (χ0v) is 21.9. The van der Waals surface area contributed by atoms with E-state index in [0.717, 1.165) is 40.7 Å². The molecule has 0 bridgehead atoms. The van der Waals surface area contributed by atoms with Gasteiger partial charge in [0.05, 0.1) is 5.69 Å². The lowest BCUT2D eigenvalue weighted by molar-refractivity contribution is -0.139. The Morgan fingerprint density at radius 2 is 1.61 bits per heavy atom. The fraction of sp³-hybridized carbons (Fsp3) is 0.462. The summed E-state index contributed by atoms with van der Waals surface area (Å²) >= 11 is 0. The summed E-state index contributed by atoms with van der Waals surface area (Å²) in [6.07, 6.45) is 4.96. The second-order valence-electron chi connectivity index (χ2n) is 9.26. The predicted molar refractivity (Wildman–Crippen MR) is 138 cm³/mol. The van der Waals surface area contributed by atoms with Crippen LogP contribution >= 0.6 is 0 Å². The first-order chi connectivity index (χ1) is 17.1. The summed E-state index contributed by atoms with van der Waals surface area (Å²) < 4.78 is 42.8. The van der Waals surface area contributed by atoms with Gasteiger partial charge in [0.25, 0.3) is 0 Å². The number of para-hydroxylation sites is 1. The number of nitrogens with zero attached hydrogens (tertiary/aromatic N) is 3. The fourth-order valence-electron chi connectivity index (χ4n) is 4.27. The topological polar surface area (TPSA) is 90.0 Å². The van der Waals surface area contributed by atoms with Crippen LogP contribution in [0.1, 0.15) is 44.6 Å². The molecular formula is C26H35FN4O4S. The number of carbonyl (C=O) groups excluding carboxylic acids is 2. The van der Waals surface area contributed by atoms with Crippen LogP contribution in [0.4, 0.5) is 10.1 Å². The Kier molecular flexibility index (Phi) is 9.44. The van der Waals surface area contributed by atoms with Crippen molar-refractivity contribution in [2.45, 2.75) is 57.7 Å². The van der Waals surface area contributed by atoms with E-state index in [1.807, 2.05) is 0 Å². The van der Waals surface area contributed by atoms with Crippen LogP contribution in [0.15, 0.2) is 54.6 Å². The van der Waals surface area contributed by atoms with E-state index in [1.54, 1.807) is 55.5 Å². The van der Waals surface area contributed by atoms with Crippen molar-refractivity contribution in [3.05, 3.63) is 66.0 Å². The quantitative estimate of drug-likeness (QED) is 0.523. The van der Waals surface area contributed by atoms with Crippen LogP contribution in [0.5, 0.6) is 0 Å². The minimum atomic E-state index is -4.03. The highest BCUT2D eigenvalue weighted by Gasteiger charge is 2.33. The molecule has 10 heteroatoms. The highest BCUT2D eigenvalue weighted by Crippen LogP contribution is 2.22. The second-order valence-corrected chi connectivity index (χ2v) is 11.3. The average molecular weight is 519 g/mol. The maximum absolute atomic E-state index is 14.5. The van der Waals surface area contributed by atoms with Crippen LogP contribution < -0.4 is 9.62 Å². The minimum Gasteiger partial charge on any atom is -0.352 e. The zero-order chi connectivity index (χ0) is 26.3. The molecule has 8 nitrogen and oxygen atoms in total. The first kappa shape index (κ1) is 27.6. The normalized spacial score (nSPS) is 15.4. The number of nitrogens with one attached hydrogen (secondary N) is 1. The zero-order valence-electron chi connectivity index (χ0n) is 21.1. The molecule has 2 amide bonds. The largest absolute Gasteiger partial charge is 0.352 e. The fourth-order valence-corrected chi connectivity index (χ4v) is 5.33. The number of hydrogen-bond donors (Lipinski definition) is 1. The molecule has 0 aliphatic heterocycles. The van der Waals surface area contributed by atoms with Gasteiger partial charge in [-0.25, -0.2) is 8.70 Å². The van der Waals surface area contributed by atoms with Gasteiger partial charge >= 0.3 is 10.2 Å². The molecule has 1 aliphatic carbocycles. The molecule has 2 aromatic rings. The van der Waals surface area contributed by atoms with Gasteiger partial charge in [0.15, 0.2) is 0 Å². The molecule has 196 valence electrons. The van der Waals surface area contributed by atoms with E-state index >= 15 is 0 Å². The van der Waals surface area contributed by atoms with Gasteiger partial charge in [-0.1, -0.05) is 55.7 Å². The standard InChI is InChI=1S/C26H35FN4O4S/c1-20(26(33)28-22-13-6-4-7-14-22)30(18-21-12-10-11-17-24(21)27)25(32)19-31(36(34,35)29(2)3)23-15-8-5-9-16-23/h5,8-12,15-17,20,22H,4,6-7,13-14,18-19H2,1-3H3,(H,28,33). The number of carbonyl (C=O) groups is 2. The molecule has 0 radical (unpaired) electrons. The van der Waals surface area contributed by atoms with E-state index in [0.29, 0.717) is 5.69 Å². The molecule has 3 rings (SSSR count). The molecule has 0 aromatic heterocycles. The molecule has 1 fully saturated rings. The summed E-state index contributed by atoms with van der Waals surface area (Å²) in [5.41, 5.74) is 0.551. The Morgan fingerprint density at radius 1 is 1.00 bits per heavy atom. The second kappa shape index (κ2) is 12.3. The minimum absolute atomic E-state index is 0.0362. The van der Waals surface area contributed by atoms with Crippen LogP contribution in [0.3, 0.4) is 0 Å². The first-order valence-electron chi connectivity index (χ1n) is 12.2. The lowest BCUT2D eigenvalue weighted by atomic mass is 9.95. The Labute approximate surface area is 213 Å². The van der Waals surface area contributed by atoms with Crippen LogP contribution in [0.2, 0.25) is 0 Å². The van der Waals surface area contributed by atoms with Crippen molar-refractivity contribution in [1.29, 1.82) is 0 Å². The third-order valence-corrected chi connectivity index (χ3v) is 8.30. The van der Waals surface area contributed by atoms with E-state index in [-0.39, 0.29) is 24.1 Å². The van der Waals surface area contributed by atoms with Crippen molar-refractivity contribution in [2.24, 2.45) is 0 Å². The van der Waals surface area contributed by atoms with Gasteiger partial charge in [0, 0.05) is 32.2 Å². The number of amides is 2. The van der Waals surface area contributed by atoms with E-state index in [9.17, 15) is 22.4 Å². The van der Waals surface area contributed by atoms with Crippen molar-refractivity contribution in [2.75, 3.05) is 24.9 Å². The summed E-state index contributed by atoms with van der Waals surface area (Å²) in [7, 11) is -1.26. The molecular weight excluding hydrogens is 483 g/mol. The smallest absolute Gasteiger partial charge is 0.304 e. The molecule has 0 spiro atoms. The summed E-state index contributed by atoms with van der Waals surface area (Å²) in [6.45, 7) is 0.875. The summed E-state index contributed by atoms with van der Waals surface area (Å²) in [5.74, 6) is -1.46. The van der Waals surface area contributed by atoms with Crippen molar-refractivity contribution in [3.63, 3.8) is 0 Å². The lowest BCUT2D eigenvalue weighted by Crippen LogP contribution is -2.53. The first-order valence-corrected chi connectivity index (χ1v) is 13.6. The number of hydrogen-bond acceptors (Lipinski definition) is 4.